The molecule has 2 heterocycles. The third-order valence-corrected chi connectivity index (χ3v) is 4.25. The Morgan fingerprint density at radius 3 is 2.81 bits per heavy atom. The van der Waals surface area contributed by atoms with Crippen molar-refractivity contribution < 1.29 is 28.2 Å². The van der Waals surface area contributed by atoms with E-state index >= 15 is 0 Å². The number of rotatable bonds is 4. The van der Waals surface area contributed by atoms with Crippen molar-refractivity contribution in [1.29, 1.82) is 0 Å². The Bertz CT molecular complexity index is 743. The molecule has 1 aromatic rings. The molecule has 10 heteroatoms. The van der Waals surface area contributed by atoms with E-state index < -0.39 is 24.1 Å². The second kappa shape index (κ2) is 7.06. The molecule has 0 saturated carbocycles. The lowest BCUT2D eigenvalue weighted by Crippen LogP contribution is -2.34. The topological polar surface area (TPSA) is 91.4 Å². The Morgan fingerprint density at radius 2 is 2.19 bits per heavy atom. The molecular weight excluding hydrogens is 347 g/mol. The Hall–Kier alpha value is -3.04. The molecule has 2 saturated heterocycles. The van der Waals surface area contributed by atoms with Gasteiger partial charge in [-0.15, -0.1) is 0 Å². The quantitative estimate of drug-likeness (QED) is 0.845. The molecule has 0 spiro atoms. The molecule has 26 heavy (non-hydrogen) atoms. The molecule has 0 bridgehead atoms. The summed E-state index contributed by atoms with van der Waals surface area (Å²) in [5.41, 5.74) is 0.638. The van der Waals surface area contributed by atoms with Gasteiger partial charge in [0.25, 0.3) is 0 Å². The molecule has 1 N–H and O–H groups in total. The maximum Gasteiger partial charge on any atom is 0.414 e. The summed E-state index contributed by atoms with van der Waals surface area (Å²) in [5.74, 6) is -0.618. The van der Waals surface area contributed by atoms with Crippen LogP contribution in [0.15, 0.2) is 18.2 Å². The highest BCUT2D eigenvalue weighted by molar-refractivity contribution is 5.90. The zero-order chi connectivity index (χ0) is 18.8. The molecule has 0 aliphatic carbocycles. The number of carbonyl (C=O) groups is 3. The number of hydrogen-bond donors (Lipinski definition) is 1. The first kappa shape index (κ1) is 17.8. The van der Waals surface area contributed by atoms with Crippen LogP contribution in [0.2, 0.25) is 0 Å². The molecule has 2 aliphatic heterocycles. The van der Waals surface area contributed by atoms with E-state index in [1.165, 1.54) is 29.0 Å². The molecule has 140 valence electrons. The predicted octanol–water partition coefficient (Wildman–Crippen LogP) is 0.743. The standard InChI is InChI=1S/C16H19FN4O5/c1-19-9-20(8-14(19)22)13-4-3-10(5-12(13)17)21-7-11(26-16(21)24)6-18-15(23)25-2/h3-5,11H,6-9H2,1-2H3,(H,18,23)/t11-/m0/s1. The van der Waals surface area contributed by atoms with Gasteiger partial charge in [-0.1, -0.05) is 0 Å². The van der Waals surface area contributed by atoms with Gasteiger partial charge in [0.2, 0.25) is 5.91 Å². The molecular formula is C16H19FN4O5. The van der Waals surface area contributed by atoms with Crippen molar-refractivity contribution in [2.45, 2.75) is 6.10 Å². The number of ether oxygens (including phenoxy) is 2. The van der Waals surface area contributed by atoms with Crippen LogP contribution in [0, 0.1) is 5.82 Å². The lowest BCUT2D eigenvalue weighted by Gasteiger charge is -2.20. The van der Waals surface area contributed by atoms with Crippen molar-refractivity contribution in [1.82, 2.24) is 10.2 Å². The zero-order valence-electron chi connectivity index (χ0n) is 14.4. The van der Waals surface area contributed by atoms with Gasteiger partial charge in [-0.25, -0.2) is 14.0 Å². The summed E-state index contributed by atoms with van der Waals surface area (Å²) >= 11 is 0. The van der Waals surface area contributed by atoms with Crippen molar-refractivity contribution in [3.05, 3.63) is 24.0 Å². The molecule has 2 aliphatic rings. The third kappa shape index (κ3) is 3.48. The number of anilines is 2. The number of hydrogen-bond acceptors (Lipinski definition) is 6. The highest BCUT2D eigenvalue weighted by Gasteiger charge is 2.33. The van der Waals surface area contributed by atoms with Crippen LogP contribution in [0.3, 0.4) is 0 Å². The molecule has 1 atom stereocenters. The highest BCUT2D eigenvalue weighted by Crippen LogP contribution is 2.29. The molecule has 2 fully saturated rings. The van der Waals surface area contributed by atoms with Crippen LogP contribution in [0.1, 0.15) is 0 Å². The van der Waals surface area contributed by atoms with Gasteiger partial charge in [0, 0.05) is 7.05 Å². The molecule has 0 aromatic heterocycles. The third-order valence-electron chi connectivity index (χ3n) is 4.25. The number of methoxy groups -OCH3 is 1. The van der Waals surface area contributed by atoms with Gasteiger partial charge >= 0.3 is 12.2 Å². The average molecular weight is 366 g/mol. The molecule has 0 unspecified atom stereocenters. The lowest BCUT2D eigenvalue weighted by atomic mass is 10.2. The van der Waals surface area contributed by atoms with E-state index in [1.54, 1.807) is 18.0 Å². The molecule has 1 aromatic carbocycles. The maximum absolute atomic E-state index is 14.5. The van der Waals surface area contributed by atoms with Crippen LogP contribution in [0.5, 0.6) is 0 Å². The van der Waals surface area contributed by atoms with Gasteiger partial charge < -0.3 is 24.6 Å². The Morgan fingerprint density at radius 1 is 1.42 bits per heavy atom. The van der Waals surface area contributed by atoms with Crippen LogP contribution < -0.4 is 15.1 Å². The summed E-state index contributed by atoms with van der Waals surface area (Å²) in [6.07, 6.45) is -1.81. The summed E-state index contributed by atoms with van der Waals surface area (Å²) in [7, 11) is 2.88. The van der Waals surface area contributed by atoms with Crippen molar-refractivity contribution in [2.75, 3.05) is 50.3 Å². The Labute approximate surface area is 149 Å². The van der Waals surface area contributed by atoms with E-state index in [0.717, 1.165) is 0 Å². The van der Waals surface area contributed by atoms with Crippen LogP contribution in [-0.4, -0.2) is 69.6 Å². The minimum Gasteiger partial charge on any atom is -0.453 e. The first-order valence-corrected chi connectivity index (χ1v) is 7.97. The average Bonchev–Trinajstić information content (AvgIpc) is 3.15. The number of carbonyl (C=O) groups excluding carboxylic acids is 3. The minimum absolute atomic E-state index is 0.0856. The van der Waals surface area contributed by atoms with Crippen molar-refractivity contribution in [3.63, 3.8) is 0 Å². The minimum atomic E-state index is -0.625. The van der Waals surface area contributed by atoms with E-state index in [-0.39, 0.29) is 25.5 Å². The SMILES string of the molecule is COC(=O)NC[C@H]1CN(c2ccc(N3CC(=O)N(C)C3)c(F)c2)C(=O)O1. The highest BCUT2D eigenvalue weighted by atomic mass is 19.1. The lowest BCUT2D eigenvalue weighted by molar-refractivity contribution is -0.125. The fraction of sp³-hybridized carbons (Fsp3) is 0.438. The number of halogens is 1. The number of benzene rings is 1. The van der Waals surface area contributed by atoms with E-state index in [0.29, 0.717) is 18.0 Å². The number of alkyl carbamates (subject to hydrolysis) is 1. The zero-order valence-corrected chi connectivity index (χ0v) is 14.4. The monoisotopic (exact) mass is 366 g/mol. The molecule has 3 rings (SSSR count). The van der Waals surface area contributed by atoms with Crippen molar-refractivity contribution in [3.8, 4) is 0 Å². The number of likely N-dealkylation sites (N-methyl/N-ethyl adjacent to an activating group) is 1. The van der Waals surface area contributed by atoms with Gasteiger partial charge in [0.15, 0.2) is 0 Å². The van der Waals surface area contributed by atoms with Gasteiger partial charge in [-0.2, -0.15) is 0 Å². The summed E-state index contributed by atoms with van der Waals surface area (Å²) < 4.78 is 24.1. The first-order valence-electron chi connectivity index (χ1n) is 7.97. The Kier molecular flexibility index (Phi) is 4.83. The maximum atomic E-state index is 14.5. The van der Waals surface area contributed by atoms with Gasteiger partial charge in [-0.05, 0) is 18.2 Å². The summed E-state index contributed by atoms with van der Waals surface area (Å²) in [4.78, 5) is 39.1. The second-order valence-corrected chi connectivity index (χ2v) is 6.06. The number of nitrogens with zero attached hydrogens (tertiary/aromatic N) is 3. The normalized spacial score (nSPS) is 19.8. The summed E-state index contributed by atoms with van der Waals surface area (Å²) in [5, 5.41) is 2.45. The van der Waals surface area contributed by atoms with Crippen LogP contribution in [0.4, 0.5) is 25.4 Å². The fourth-order valence-corrected chi connectivity index (χ4v) is 2.86. The van der Waals surface area contributed by atoms with Gasteiger partial charge in [0.1, 0.15) is 11.9 Å². The van der Waals surface area contributed by atoms with E-state index in [1.807, 2.05) is 0 Å². The number of cyclic esters (lactones) is 1. The van der Waals surface area contributed by atoms with E-state index in [2.05, 4.69) is 10.1 Å². The van der Waals surface area contributed by atoms with E-state index in [4.69, 9.17) is 4.74 Å². The molecule has 9 nitrogen and oxygen atoms in total. The number of nitrogens with one attached hydrogen (secondary N) is 1. The van der Waals surface area contributed by atoms with Crippen LogP contribution >= 0.6 is 0 Å². The van der Waals surface area contributed by atoms with Crippen LogP contribution in [-0.2, 0) is 14.3 Å². The summed E-state index contributed by atoms with van der Waals surface area (Å²) in [6, 6.07) is 4.36. The largest absolute Gasteiger partial charge is 0.453 e. The predicted molar refractivity (Wildman–Crippen MR) is 89.4 cm³/mol. The first-order chi connectivity index (χ1) is 12.4. The van der Waals surface area contributed by atoms with Crippen molar-refractivity contribution >= 4 is 29.5 Å². The fourth-order valence-electron chi connectivity index (χ4n) is 2.86. The number of amides is 3. The van der Waals surface area contributed by atoms with Gasteiger partial charge in [0.05, 0.1) is 44.8 Å². The molecule has 0 radical (unpaired) electrons. The van der Waals surface area contributed by atoms with Gasteiger partial charge in [-0.3, -0.25) is 9.69 Å². The Balaban J connectivity index is 1.68. The summed E-state index contributed by atoms with van der Waals surface area (Å²) in [6.45, 7) is 0.687. The van der Waals surface area contributed by atoms with Crippen molar-refractivity contribution in [2.24, 2.45) is 0 Å². The smallest absolute Gasteiger partial charge is 0.414 e. The van der Waals surface area contributed by atoms with Crippen LogP contribution in [0.25, 0.3) is 0 Å². The second-order valence-electron chi connectivity index (χ2n) is 6.06. The molecule has 3 amide bonds. The van der Waals surface area contributed by atoms with E-state index in [9.17, 15) is 18.8 Å².